The van der Waals surface area contributed by atoms with E-state index in [0.717, 1.165) is 27.4 Å². The molecule has 1 aliphatic carbocycles. The lowest BCUT2D eigenvalue weighted by Gasteiger charge is -2.35. The van der Waals surface area contributed by atoms with Crippen molar-refractivity contribution in [3.63, 3.8) is 0 Å². The van der Waals surface area contributed by atoms with Crippen LogP contribution in [0.25, 0.3) is 0 Å². The van der Waals surface area contributed by atoms with Crippen molar-refractivity contribution in [3.05, 3.63) is 33.8 Å². The Bertz CT molecular complexity index is 433. The second-order valence-corrected chi connectivity index (χ2v) is 6.90. The van der Waals surface area contributed by atoms with Crippen LogP contribution in [-0.4, -0.2) is 6.04 Å². The van der Waals surface area contributed by atoms with Gasteiger partial charge in [0.2, 0.25) is 0 Å². The van der Waals surface area contributed by atoms with Gasteiger partial charge in [0.15, 0.2) is 0 Å². The van der Waals surface area contributed by atoms with Gasteiger partial charge in [0.1, 0.15) is 0 Å². The molecule has 0 amide bonds. The van der Waals surface area contributed by atoms with Crippen LogP contribution in [-0.2, 0) is 0 Å². The molecule has 0 bridgehead atoms. The zero-order valence-electron chi connectivity index (χ0n) is 11.9. The van der Waals surface area contributed by atoms with Crippen molar-refractivity contribution in [2.45, 2.75) is 52.1 Å². The fourth-order valence-corrected chi connectivity index (χ4v) is 3.63. The highest BCUT2D eigenvalue weighted by Crippen LogP contribution is 2.32. The monoisotopic (exact) mass is 299 g/mol. The van der Waals surface area contributed by atoms with E-state index in [-0.39, 0.29) is 6.04 Å². The average Bonchev–Trinajstić information content (AvgIpc) is 2.35. The molecule has 1 fully saturated rings. The Kier molecular flexibility index (Phi) is 5.16. The molecule has 4 unspecified atom stereocenters. The topological polar surface area (TPSA) is 12.0 Å². The predicted octanol–water partition coefficient (Wildman–Crippen LogP) is 5.47. The van der Waals surface area contributed by atoms with E-state index in [1.165, 1.54) is 19.3 Å². The predicted molar refractivity (Wildman–Crippen MR) is 84.0 cm³/mol. The van der Waals surface area contributed by atoms with E-state index in [4.69, 9.17) is 23.2 Å². The van der Waals surface area contributed by atoms with E-state index in [1.807, 2.05) is 18.2 Å². The standard InChI is InChI=1S/C16H23Cl2N/c1-10-4-7-16(11(2)8-10)19-12(3)14-9-13(17)5-6-15(14)18/h5-6,9-12,16,19H,4,7-8H2,1-3H3. The number of hydrogen-bond donors (Lipinski definition) is 1. The van der Waals surface area contributed by atoms with Gasteiger partial charge in [-0.05, 0) is 61.8 Å². The van der Waals surface area contributed by atoms with Crippen LogP contribution in [0.1, 0.15) is 51.6 Å². The molecule has 0 aromatic heterocycles. The summed E-state index contributed by atoms with van der Waals surface area (Å²) < 4.78 is 0. The lowest BCUT2D eigenvalue weighted by Crippen LogP contribution is -2.40. The number of halogens is 2. The Morgan fingerprint density at radius 2 is 1.95 bits per heavy atom. The molecule has 1 aliphatic rings. The number of rotatable bonds is 3. The summed E-state index contributed by atoms with van der Waals surface area (Å²) in [7, 11) is 0. The zero-order chi connectivity index (χ0) is 14.0. The maximum absolute atomic E-state index is 6.27. The quantitative estimate of drug-likeness (QED) is 0.780. The van der Waals surface area contributed by atoms with Crippen molar-refractivity contribution in [1.82, 2.24) is 5.32 Å². The number of hydrogen-bond acceptors (Lipinski definition) is 1. The molecular formula is C16H23Cl2N. The summed E-state index contributed by atoms with van der Waals surface area (Å²) in [6, 6.07) is 6.51. The summed E-state index contributed by atoms with van der Waals surface area (Å²) in [5.41, 5.74) is 1.10. The van der Waals surface area contributed by atoms with Crippen molar-refractivity contribution in [2.75, 3.05) is 0 Å². The fourth-order valence-electron chi connectivity index (χ4n) is 3.17. The second kappa shape index (κ2) is 6.47. The van der Waals surface area contributed by atoms with Gasteiger partial charge in [-0.1, -0.05) is 37.0 Å². The van der Waals surface area contributed by atoms with Crippen molar-refractivity contribution < 1.29 is 0 Å². The highest BCUT2D eigenvalue weighted by Gasteiger charge is 2.26. The Morgan fingerprint density at radius 1 is 1.21 bits per heavy atom. The molecule has 3 heteroatoms. The fraction of sp³-hybridized carbons (Fsp3) is 0.625. The summed E-state index contributed by atoms with van der Waals surface area (Å²) in [5.74, 6) is 1.59. The van der Waals surface area contributed by atoms with Crippen molar-refractivity contribution in [2.24, 2.45) is 11.8 Å². The van der Waals surface area contributed by atoms with Gasteiger partial charge in [0.25, 0.3) is 0 Å². The van der Waals surface area contributed by atoms with Crippen LogP contribution < -0.4 is 5.32 Å². The highest BCUT2D eigenvalue weighted by atomic mass is 35.5. The minimum Gasteiger partial charge on any atom is -0.307 e. The zero-order valence-corrected chi connectivity index (χ0v) is 13.4. The van der Waals surface area contributed by atoms with Gasteiger partial charge in [-0.3, -0.25) is 0 Å². The first-order chi connectivity index (χ1) is 8.97. The molecular weight excluding hydrogens is 277 g/mol. The Hall–Kier alpha value is -0.240. The van der Waals surface area contributed by atoms with E-state index in [2.05, 4.69) is 26.1 Å². The maximum Gasteiger partial charge on any atom is 0.0454 e. The van der Waals surface area contributed by atoms with Gasteiger partial charge < -0.3 is 5.32 Å². The molecule has 2 rings (SSSR count). The van der Waals surface area contributed by atoms with Crippen LogP contribution in [0.2, 0.25) is 10.0 Å². The first-order valence-electron chi connectivity index (χ1n) is 7.18. The third-order valence-corrected chi connectivity index (χ3v) is 4.90. The molecule has 1 nitrogen and oxygen atoms in total. The molecule has 0 radical (unpaired) electrons. The molecule has 1 N–H and O–H groups in total. The molecule has 4 atom stereocenters. The van der Waals surface area contributed by atoms with E-state index >= 15 is 0 Å². The van der Waals surface area contributed by atoms with Gasteiger partial charge in [-0.2, -0.15) is 0 Å². The van der Waals surface area contributed by atoms with Gasteiger partial charge in [-0.15, -0.1) is 0 Å². The molecule has 19 heavy (non-hydrogen) atoms. The van der Waals surface area contributed by atoms with Crippen molar-refractivity contribution in [1.29, 1.82) is 0 Å². The highest BCUT2D eigenvalue weighted by molar-refractivity contribution is 6.33. The number of benzene rings is 1. The average molecular weight is 300 g/mol. The number of nitrogens with one attached hydrogen (secondary N) is 1. The van der Waals surface area contributed by atoms with E-state index in [0.29, 0.717) is 6.04 Å². The Balaban J connectivity index is 2.04. The van der Waals surface area contributed by atoms with Gasteiger partial charge in [-0.25, -0.2) is 0 Å². The van der Waals surface area contributed by atoms with E-state index in [1.54, 1.807) is 0 Å². The normalized spacial score (nSPS) is 29.2. The molecule has 0 spiro atoms. The van der Waals surface area contributed by atoms with Crippen LogP contribution in [0.5, 0.6) is 0 Å². The summed E-state index contributed by atoms with van der Waals surface area (Å²) in [6.45, 7) is 6.87. The molecule has 0 aliphatic heterocycles. The summed E-state index contributed by atoms with van der Waals surface area (Å²) in [6.07, 6.45) is 3.89. The lowest BCUT2D eigenvalue weighted by molar-refractivity contribution is 0.216. The first-order valence-corrected chi connectivity index (χ1v) is 7.94. The molecule has 0 saturated heterocycles. The smallest absolute Gasteiger partial charge is 0.0454 e. The second-order valence-electron chi connectivity index (χ2n) is 6.06. The largest absolute Gasteiger partial charge is 0.307 e. The van der Waals surface area contributed by atoms with Crippen LogP contribution in [0.4, 0.5) is 0 Å². The van der Waals surface area contributed by atoms with Crippen LogP contribution in [0, 0.1) is 11.8 Å². The Morgan fingerprint density at radius 3 is 2.63 bits per heavy atom. The molecule has 1 saturated carbocycles. The van der Waals surface area contributed by atoms with Gasteiger partial charge >= 0.3 is 0 Å². The van der Waals surface area contributed by atoms with Crippen LogP contribution in [0.3, 0.4) is 0 Å². The molecule has 106 valence electrons. The third-order valence-electron chi connectivity index (χ3n) is 4.32. The van der Waals surface area contributed by atoms with Gasteiger partial charge in [0.05, 0.1) is 0 Å². The molecule has 1 aromatic rings. The van der Waals surface area contributed by atoms with Crippen molar-refractivity contribution in [3.8, 4) is 0 Å². The van der Waals surface area contributed by atoms with Crippen molar-refractivity contribution >= 4 is 23.2 Å². The lowest BCUT2D eigenvalue weighted by atomic mass is 9.79. The minimum atomic E-state index is 0.243. The maximum atomic E-state index is 6.27. The SMILES string of the molecule is CC1CCC(NC(C)c2cc(Cl)ccc2Cl)C(C)C1. The summed E-state index contributed by atoms with van der Waals surface area (Å²) >= 11 is 12.3. The third kappa shape index (κ3) is 3.87. The first kappa shape index (κ1) is 15.2. The van der Waals surface area contributed by atoms with E-state index < -0.39 is 0 Å². The summed E-state index contributed by atoms with van der Waals surface area (Å²) in [5, 5.41) is 5.27. The van der Waals surface area contributed by atoms with Gasteiger partial charge in [0, 0.05) is 22.1 Å². The summed E-state index contributed by atoms with van der Waals surface area (Å²) in [4.78, 5) is 0. The van der Waals surface area contributed by atoms with Crippen LogP contribution in [0.15, 0.2) is 18.2 Å². The molecule has 0 heterocycles. The van der Waals surface area contributed by atoms with E-state index in [9.17, 15) is 0 Å². The Labute approximate surface area is 126 Å². The molecule has 1 aromatic carbocycles. The van der Waals surface area contributed by atoms with Crippen LogP contribution >= 0.6 is 23.2 Å². The minimum absolute atomic E-state index is 0.243.